The van der Waals surface area contributed by atoms with Crippen LogP contribution >= 0.6 is 0 Å². The molecule has 3 atom stereocenters. The van der Waals surface area contributed by atoms with Crippen molar-refractivity contribution in [2.45, 2.75) is 50.8 Å². The summed E-state index contributed by atoms with van der Waals surface area (Å²) in [5.74, 6) is -0.670. The van der Waals surface area contributed by atoms with Crippen molar-refractivity contribution in [3.63, 3.8) is 0 Å². The maximum atomic E-state index is 13.8. The number of nitrogens with one attached hydrogen (secondary N) is 1. The molecule has 3 N–H and O–H groups in total. The lowest BCUT2D eigenvalue weighted by Gasteiger charge is -2.43. The molecule has 2 aliphatic heterocycles. The quantitative estimate of drug-likeness (QED) is 0.562. The van der Waals surface area contributed by atoms with Gasteiger partial charge in [0, 0.05) is 38.8 Å². The molecule has 0 aliphatic carbocycles. The highest BCUT2D eigenvalue weighted by Crippen LogP contribution is 2.49. The lowest BCUT2D eigenvalue weighted by molar-refractivity contribution is -0.147. The molecule has 2 aliphatic rings. The number of piperidine rings is 1. The van der Waals surface area contributed by atoms with E-state index in [1.54, 1.807) is 29.8 Å². The number of hydrogen-bond donors (Lipinski definition) is 2. The van der Waals surface area contributed by atoms with Crippen molar-refractivity contribution in [1.82, 2.24) is 20.1 Å². The number of rotatable bonds is 8. The van der Waals surface area contributed by atoms with Crippen molar-refractivity contribution < 1.29 is 19.1 Å². The maximum absolute atomic E-state index is 13.8. The van der Waals surface area contributed by atoms with Crippen LogP contribution in [0.3, 0.4) is 0 Å². The number of nitrogens with two attached hydrogens (primary N) is 1. The maximum Gasteiger partial charge on any atom is 0.247 e. The third kappa shape index (κ3) is 5.83. The van der Waals surface area contributed by atoms with Crippen LogP contribution in [0.2, 0.25) is 0 Å². The molecule has 3 amide bonds. The molecule has 0 bridgehead atoms. The summed E-state index contributed by atoms with van der Waals surface area (Å²) in [5, 5.41) is 2.79. The molecule has 1 spiro atoms. The van der Waals surface area contributed by atoms with E-state index in [1.807, 2.05) is 43.4 Å². The Kier molecular flexibility index (Phi) is 7.94. The van der Waals surface area contributed by atoms with Crippen LogP contribution in [0.1, 0.15) is 43.9 Å². The zero-order valence-electron chi connectivity index (χ0n) is 21.9. The van der Waals surface area contributed by atoms with Gasteiger partial charge in [0.2, 0.25) is 17.7 Å². The summed E-state index contributed by atoms with van der Waals surface area (Å²) in [6.45, 7) is 4.77. The molecule has 37 heavy (non-hydrogen) atoms. The first-order valence-electron chi connectivity index (χ1n) is 12.8. The predicted octanol–water partition coefficient (Wildman–Crippen LogP) is 1.68. The number of benzene rings is 1. The smallest absolute Gasteiger partial charge is 0.247 e. The number of aromatic nitrogens is 1. The van der Waals surface area contributed by atoms with Crippen molar-refractivity contribution in [1.29, 1.82) is 0 Å². The summed E-state index contributed by atoms with van der Waals surface area (Å²) in [6, 6.07) is 14.6. The van der Waals surface area contributed by atoms with Gasteiger partial charge in [-0.3, -0.25) is 19.4 Å². The zero-order valence-corrected chi connectivity index (χ0v) is 21.9. The second-order valence-electron chi connectivity index (χ2n) is 10.8. The molecule has 0 saturated carbocycles. The summed E-state index contributed by atoms with van der Waals surface area (Å²) in [5.41, 5.74) is 5.97. The monoisotopic (exact) mass is 507 g/mol. The number of carbonyl (C=O) groups excluding carboxylic acids is 3. The largest absolute Gasteiger partial charge is 0.372 e. The number of likely N-dealkylation sites (tertiary alicyclic amines) is 2. The van der Waals surface area contributed by atoms with Gasteiger partial charge in [-0.25, -0.2) is 0 Å². The molecule has 2 unspecified atom stereocenters. The average molecular weight is 508 g/mol. The molecule has 0 radical (unpaired) electrons. The van der Waals surface area contributed by atoms with E-state index in [9.17, 15) is 14.4 Å². The van der Waals surface area contributed by atoms with Gasteiger partial charge in [-0.15, -0.1) is 0 Å². The summed E-state index contributed by atoms with van der Waals surface area (Å²) in [6.07, 6.45) is 3.08. The van der Waals surface area contributed by atoms with Crippen LogP contribution < -0.4 is 11.1 Å². The molecular formula is C28H37N5O4. The molecular weight excluding hydrogens is 470 g/mol. The third-order valence-corrected chi connectivity index (χ3v) is 7.38. The van der Waals surface area contributed by atoms with E-state index in [0.29, 0.717) is 32.5 Å². The Balaban J connectivity index is 1.54. The Hall–Kier alpha value is -3.30. The van der Waals surface area contributed by atoms with Crippen LogP contribution in [0.25, 0.3) is 0 Å². The normalized spacial score (nSPS) is 22.8. The van der Waals surface area contributed by atoms with Crippen molar-refractivity contribution in [3.05, 3.63) is 66.0 Å². The van der Waals surface area contributed by atoms with Gasteiger partial charge < -0.3 is 25.6 Å². The van der Waals surface area contributed by atoms with Crippen molar-refractivity contribution in [3.8, 4) is 0 Å². The lowest BCUT2D eigenvalue weighted by atomic mass is 9.69. The van der Waals surface area contributed by atoms with Gasteiger partial charge in [-0.1, -0.05) is 36.4 Å². The fourth-order valence-corrected chi connectivity index (χ4v) is 5.41. The Morgan fingerprint density at radius 2 is 1.95 bits per heavy atom. The Morgan fingerprint density at radius 3 is 2.62 bits per heavy atom. The van der Waals surface area contributed by atoms with Crippen molar-refractivity contribution in [2.75, 3.05) is 33.3 Å². The van der Waals surface area contributed by atoms with E-state index < -0.39 is 22.9 Å². The van der Waals surface area contributed by atoms with Gasteiger partial charge in [0.05, 0.1) is 29.9 Å². The first-order valence-corrected chi connectivity index (χ1v) is 12.8. The van der Waals surface area contributed by atoms with Gasteiger partial charge in [0.25, 0.3) is 0 Å². The number of pyridine rings is 1. The standard InChI is InChI=1S/C28H37N5O4/c1-27(2,29)25(35)31-23(18-37-17-21-12-7-8-14-30-21)24(34)33-15-9-13-28(19-33)22(16-32(3)26(28)36)20-10-5-4-6-11-20/h4-8,10-12,14,22-23H,9,13,15-19,29H2,1-3H3,(H,31,35)/t22?,23?,28-/m0/s1. The number of carbonyl (C=O) groups is 3. The summed E-state index contributed by atoms with van der Waals surface area (Å²) in [4.78, 5) is 47.8. The number of nitrogens with zero attached hydrogens (tertiary/aromatic N) is 3. The van der Waals surface area contributed by atoms with Gasteiger partial charge in [0.1, 0.15) is 6.04 Å². The average Bonchev–Trinajstić information content (AvgIpc) is 3.13. The second kappa shape index (κ2) is 11.0. The Morgan fingerprint density at radius 1 is 1.22 bits per heavy atom. The highest BCUT2D eigenvalue weighted by Gasteiger charge is 2.55. The highest BCUT2D eigenvalue weighted by atomic mass is 16.5. The van der Waals surface area contributed by atoms with Crippen LogP contribution in [0.5, 0.6) is 0 Å². The van der Waals surface area contributed by atoms with E-state index in [2.05, 4.69) is 22.4 Å². The van der Waals surface area contributed by atoms with Crippen LogP contribution in [0, 0.1) is 5.41 Å². The first-order chi connectivity index (χ1) is 17.6. The number of hydrogen-bond acceptors (Lipinski definition) is 6. The predicted molar refractivity (Wildman–Crippen MR) is 139 cm³/mol. The molecule has 2 fully saturated rings. The van der Waals surface area contributed by atoms with Crippen molar-refractivity contribution >= 4 is 17.7 Å². The van der Waals surface area contributed by atoms with Gasteiger partial charge in [-0.2, -0.15) is 0 Å². The summed E-state index contributed by atoms with van der Waals surface area (Å²) >= 11 is 0. The molecule has 2 saturated heterocycles. The fourth-order valence-electron chi connectivity index (χ4n) is 5.41. The molecule has 9 nitrogen and oxygen atoms in total. The van der Waals surface area contributed by atoms with E-state index in [1.165, 1.54) is 0 Å². The Bertz CT molecular complexity index is 1100. The molecule has 9 heteroatoms. The van der Waals surface area contributed by atoms with Gasteiger partial charge in [-0.05, 0) is 44.4 Å². The fraction of sp³-hybridized carbons (Fsp3) is 0.500. The number of amides is 3. The van der Waals surface area contributed by atoms with Crippen LogP contribution in [0.15, 0.2) is 54.7 Å². The van der Waals surface area contributed by atoms with E-state index >= 15 is 0 Å². The minimum Gasteiger partial charge on any atom is -0.372 e. The zero-order chi connectivity index (χ0) is 26.6. The van der Waals surface area contributed by atoms with E-state index in [0.717, 1.165) is 11.3 Å². The van der Waals surface area contributed by atoms with Gasteiger partial charge >= 0.3 is 0 Å². The molecule has 3 heterocycles. The highest BCUT2D eigenvalue weighted by molar-refractivity contribution is 5.92. The van der Waals surface area contributed by atoms with Crippen LogP contribution in [0.4, 0.5) is 0 Å². The topological polar surface area (TPSA) is 118 Å². The van der Waals surface area contributed by atoms with Gasteiger partial charge in [0.15, 0.2) is 0 Å². The second-order valence-corrected chi connectivity index (χ2v) is 10.8. The minimum absolute atomic E-state index is 0.0155. The SMILES string of the molecule is CN1CC(c2ccccc2)[C@@]2(CCCN(C(=O)C(COCc3ccccn3)NC(=O)C(C)(C)N)C2)C1=O. The first kappa shape index (κ1) is 26.8. The van der Waals surface area contributed by atoms with Crippen LogP contribution in [-0.4, -0.2) is 77.4 Å². The summed E-state index contributed by atoms with van der Waals surface area (Å²) in [7, 11) is 1.83. The van der Waals surface area contributed by atoms with Crippen molar-refractivity contribution in [2.24, 2.45) is 11.1 Å². The molecule has 2 aromatic rings. The molecule has 4 rings (SSSR count). The van der Waals surface area contributed by atoms with Crippen LogP contribution in [-0.2, 0) is 25.7 Å². The number of likely N-dealkylation sites (N-methyl/N-ethyl adjacent to an activating group) is 1. The Labute approximate surface area is 218 Å². The third-order valence-electron chi connectivity index (χ3n) is 7.38. The molecule has 198 valence electrons. The lowest BCUT2D eigenvalue weighted by Crippen LogP contribution is -2.60. The summed E-state index contributed by atoms with van der Waals surface area (Å²) < 4.78 is 5.81. The van der Waals surface area contributed by atoms with E-state index in [-0.39, 0.29) is 30.9 Å². The van der Waals surface area contributed by atoms with E-state index in [4.69, 9.17) is 10.5 Å². The minimum atomic E-state index is -1.16. The molecule has 1 aromatic heterocycles. The molecule has 1 aromatic carbocycles. The number of ether oxygens (including phenoxy) is 1.